The van der Waals surface area contributed by atoms with E-state index in [0.717, 1.165) is 47.9 Å². The summed E-state index contributed by atoms with van der Waals surface area (Å²) in [6.45, 7) is 3.39. The summed E-state index contributed by atoms with van der Waals surface area (Å²) in [4.78, 5) is 51.8. The number of hydrogen-bond acceptors (Lipinski definition) is 8. The number of amides is 3. The summed E-state index contributed by atoms with van der Waals surface area (Å²) in [6.07, 6.45) is 5.60. The number of rotatable bonds is 9. The Morgan fingerprint density at radius 3 is 2.38 bits per heavy atom. The van der Waals surface area contributed by atoms with Crippen LogP contribution in [0.25, 0.3) is 6.08 Å². The first-order chi connectivity index (χ1) is 18.8. The smallest absolute Gasteiger partial charge is 0.294 e. The molecule has 3 amide bonds. The quantitative estimate of drug-likeness (QED) is 0.197. The molecule has 2 aliphatic rings. The van der Waals surface area contributed by atoms with Gasteiger partial charge in [0.05, 0.1) is 16.4 Å². The van der Waals surface area contributed by atoms with E-state index >= 15 is 0 Å². The van der Waals surface area contributed by atoms with Gasteiger partial charge in [-0.25, -0.2) is 0 Å². The maximum Gasteiger partial charge on any atom is 0.294 e. The molecule has 0 aromatic heterocycles. The Hall–Kier alpha value is -3.38. The van der Waals surface area contributed by atoms with Crippen LogP contribution in [0.2, 0.25) is 0 Å². The minimum Gasteiger partial charge on any atom is -0.490 e. The molecule has 12 heteroatoms. The van der Waals surface area contributed by atoms with Crippen LogP contribution >= 0.6 is 27.7 Å². The standard InChI is InChI=1S/C27H28BrN3O7S/c1-2-37-22-13-19(21(28)15-23(22)38-17-18-7-9-20(10-8-18)31(35)36)14-24-26(33)30(27(34)39-24)16-25(32)29-11-5-3-4-6-12-29/h7-10,13-15H,2-6,11-12,16-17H2,1H3. The second-order valence-electron chi connectivity index (χ2n) is 9.03. The Morgan fingerprint density at radius 2 is 1.74 bits per heavy atom. The average molecular weight is 619 g/mol. The molecule has 0 bridgehead atoms. The number of non-ortho nitro benzene ring substituents is 1. The SMILES string of the molecule is CCOc1cc(C=C2SC(=O)N(CC(=O)N3CCCCCC3)C2=O)c(Br)cc1OCc1ccc([N+](=O)[O-])cc1. The number of likely N-dealkylation sites (tertiary alicyclic amines) is 1. The molecule has 2 aromatic carbocycles. The zero-order valence-electron chi connectivity index (χ0n) is 21.4. The van der Waals surface area contributed by atoms with Crippen LogP contribution in [-0.2, 0) is 16.2 Å². The normalized spacial score (nSPS) is 16.9. The molecule has 2 aliphatic heterocycles. The first-order valence-electron chi connectivity index (χ1n) is 12.6. The summed E-state index contributed by atoms with van der Waals surface area (Å²) in [5.74, 6) is 0.158. The zero-order valence-corrected chi connectivity index (χ0v) is 23.8. The molecular formula is C27H28BrN3O7S. The number of halogens is 1. The first kappa shape index (κ1) is 28.6. The number of thioether (sulfide) groups is 1. The van der Waals surface area contributed by atoms with Crippen molar-refractivity contribution in [3.63, 3.8) is 0 Å². The fourth-order valence-electron chi connectivity index (χ4n) is 4.25. The van der Waals surface area contributed by atoms with Crippen LogP contribution in [0.5, 0.6) is 11.5 Å². The van der Waals surface area contributed by atoms with E-state index in [1.54, 1.807) is 35.2 Å². The van der Waals surface area contributed by atoms with Crippen molar-refractivity contribution in [1.82, 2.24) is 9.80 Å². The maximum absolute atomic E-state index is 13.1. The number of ether oxygens (including phenoxy) is 2. The third-order valence-electron chi connectivity index (χ3n) is 6.32. The molecule has 0 unspecified atom stereocenters. The van der Waals surface area contributed by atoms with Crippen molar-refractivity contribution < 1.29 is 28.8 Å². The van der Waals surface area contributed by atoms with Gasteiger partial charge in [-0.3, -0.25) is 29.4 Å². The molecule has 39 heavy (non-hydrogen) atoms. The largest absolute Gasteiger partial charge is 0.490 e. The number of carbonyl (C=O) groups is 3. The van der Waals surface area contributed by atoms with Crippen molar-refractivity contribution in [3.05, 3.63) is 67.0 Å². The second kappa shape index (κ2) is 13.1. The van der Waals surface area contributed by atoms with Gasteiger partial charge in [-0.2, -0.15) is 0 Å². The molecule has 2 fully saturated rings. The Balaban J connectivity index is 1.48. The van der Waals surface area contributed by atoms with Gasteiger partial charge in [-0.1, -0.05) is 28.8 Å². The predicted molar refractivity (Wildman–Crippen MR) is 150 cm³/mol. The minimum atomic E-state index is -0.503. The van der Waals surface area contributed by atoms with Crippen LogP contribution in [0.15, 0.2) is 45.8 Å². The summed E-state index contributed by atoms with van der Waals surface area (Å²) in [7, 11) is 0. The maximum atomic E-state index is 13.1. The number of nitro groups is 1. The lowest BCUT2D eigenvalue weighted by Gasteiger charge is -2.22. The number of carbonyl (C=O) groups excluding carboxylic acids is 3. The van der Waals surface area contributed by atoms with Crippen LogP contribution in [0.4, 0.5) is 10.5 Å². The van der Waals surface area contributed by atoms with Crippen LogP contribution in [-0.4, -0.2) is 58.0 Å². The molecule has 0 atom stereocenters. The molecule has 0 saturated carbocycles. The molecule has 0 radical (unpaired) electrons. The molecule has 0 N–H and O–H groups in total. The summed E-state index contributed by atoms with van der Waals surface area (Å²) >= 11 is 4.31. The van der Waals surface area contributed by atoms with Gasteiger partial charge in [0.15, 0.2) is 11.5 Å². The highest BCUT2D eigenvalue weighted by atomic mass is 79.9. The molecule has 206 valence electrons. The number of nitrogens with zero attached hydrogens (tertiary/aromatic N) is 3. The Morgan fingerprint density at radius 1 is 1.08 bits per heavy atom. The average Bonchev–Trinajstić information content (AvgIpc) is 3.10. The Bertz CT molecular complexity index is 1290. The molecule has 2 saturated heterocycles. The molecule has 2 heterocycles. The van der Waals surface area contributed by atoms with E-state index in [0.29, 0.717) is 41.2 Å². The number of hydrogen-bond donors (Lipinski definition) is 0. The van der Waals surface area contributed by atoms with Crippen LogP contribution in [0, 0.1) is 10.1 Å². The molecule has 10 nitrogen and oxygen atoms in total. The van der Waals surface area contributed by atoms with Crippen LogP contribution in [0.3, 0.4) is 0 Å². The highest BCUT2D eigenvalue weighted by Crippen LogP contribution is 2.38. The zero-order chi connectivity index (χ0) is 27.9. The van der Waals surface area contributed by atoms with E-state index in [4.69, 9.17) is 9.47 Å². The van der Waals surface area contributed by atoms with E-state index in [1.807, 2.05) is 6.92 Å². The van der Waals surface area contributed by atoms with Crippen molar-refractivity contribution in [2.24, 2.45) is 0 Å². The fraction of sp³-hybridized carbons (Fsp3) is 0.370. The van der Waals surface area contributed by atoms with Crippen molar-refractivity contribution in [1.29, 1.82) is 0 Å². The van der Waals surface area contributed by atoms with Gasteiger partial charge >= 0.3 is 0 Å². The van der Waals surface area contributed by atoms with Gasteiger partial charge in [-0.15, -0.1) is 0 Å². The number of benzene rings is 2. The second-order valence-corrected chi connectivity index (χ2v) is 10.9. The van der Waals surface area contributed by atoms with Gasteiger partial charge in [-0.05, 0) is 73.0 Å². The topological polar surface area (TPSA) is 119 Å². The van der Waals surface area contributed by atoms with E-state index in [9.17, 15) is 24.5 Å². The van der Waals surface area contributed by atoms with Gasteiger partial charge in [0.1, 0.15) is 13.2 Å². The summed E-state index contributed by atoms with van der Waals surface area (Å²) in [5.41, 5.74) is 1.34. The fourth-order valence-corrected chi connectivity index (χ4v) is 5.52. The number of nitro benzene ring substituents is 1. The molecular weight excluding hydrogens is 590 g/mol. The molecule has 0 spiro atoms. The van der Waals surface area contributed by atoms with Gasteiger partial charge < -0.3 is 14.4 Å². The minimum absolute atomic E-state index is 0.00317. The van der Waals surface area contributed by atoms with Gasteiger partial charge in [0, 0.05) is 29.7 Å². The van der Waals surface area contributed by atoms with E-state index in [-0.39, 0.29) is 29.7 Å². The van der Waals surface area contributed by atoms with Crippen molar-refractivity contribution in [3.8, 4) is 11.5 Å². The molecule has 0 aliphatic carbocycles. The van der Waals surface area contributed by atoms with E-state index < -0.39 is 16.1 Å². The summed E-state index contributed by atoms with van der Waals surface area (Å²) in [6, 6.07) is 9.47. The van der Waals surface area contributed by atoms with Gasteiger partial charge in [0.2, 0.25) is 5.91 Å². The highest BCUT2D eigenvalue weighted by molar-refractivity contribution is 9.10. The molecule has 2 aromatic rings. The highest BCUT2D eigenvalue weighted by Gasteiger charge is 2.37. The third-order valence-corrected chi connectivity index (χ3v) is 7.91. The monoisotopic (exact) mass is 617 g/mol. The lowest BCUT2D eigenvalue weighted by molar-refractivity contribution is -0.384. The first-order valence-corrected chi connectivity index (χ1v) is 14.2. The Kier molecular flexibility index (Phi) is 9.63. The lowest BCUT2D eigenvalue weighted by atomic mass is 10.1. The Labute approximate surface area is 238 Å². The lowest BCUT2D eigenvalue weighted by Crippen LogP contribution is -2.42. The summed E-state index contributed by atoms with van der Waals surface area (Å²) in [5, 5.41) is 10.4. The van der Waals surface area contributed by atoms with Crippen LogP contribution in [0.1, 0.15) is 43.7 Å². The molecule has 4 rings (SSSR count). The predicted octanol–water partition coefficient (Wildman–Crippen LogP) is 5.77. The third kappa shape index (κ3) is 7.18. The summed E-state index contributed by atoms with van der Waals surface area (Å²) < 4.78 is 12.3. The van der Waals surface area contributed by atoms with Gasteiger partial charge in [0.25, 0.3) is 16.8 Å². The van der Waals surface area contributed by atoms with E-state index in [1.165, 1.54) is 12.1 Å². The van der Waals surface area contributed by atoms with Crippen molar-refractivity contribution in [2.75, 3.05) is 26.2 Å². The van der Waals surface area contributed by atoms with Crippen LogP contribution < -0.4 is 9.47 Å². The van der Waals surface area contributed by atoms with Crippen molar-refractivity contribution >= 4 is 56.5 Å². The number of imide groups is 1. The van der Waals surface area contributed by atoms with Crippen molar-refractivity contribution in [2.45, 2.75) is 39.2 Å². The van der Waals surface area contributed by atoms with E-state index in [2.05, 4.69) is 15.9 Å².